The van der Waals surface area contributed by atoms with Crippen molar-refractivity contribution in [3.05, 3.63) is 40.9 Å². The maximum Gasteiger partial charge on any atom is 0.314 e. The minimum Gasteiger partial charge on any atom is -0.393 e. The molecule has 0 bridgehead atoms. The van der Waals surface area contributed by atoms with E-state index in [1.165, 1.54) is 17.4 Å². The summed E-state index contributed by atoms with van der Waals surface area (Å²) in [4.78, 5) is 27.4. The van der Waals surface area contributed by atoms with Gasteiger partial charge in [-0.25, -0.2) is 13.8 Å². The van der Waals surface area contributed by atoms with Gasteiger partial charge in [-0.3, -0.25) is 9.59 Å². The van der Waals surface area contributed by atoms with Crippen LogP contribution >= 0.6 is 11.3 Å². The second-order valence-corrected chi connectivity index (χ2v) is 5.71. The van der Waals surface area contributed by atoms with Crippen LogP contribution < -0.4 is 0 Å². The molecule has 21 heavy (non-hydrogen) atoms. The van der Waals surface area contributed by atoms with E-state index in [9.17, 15) is 18.4 Å². The molecule has 3 rings (SSSR count). The van der Waals surface area contributed by atoms with Crippen molar-refractivity contribution in [2.24, 2.45) is 0 Å². The highest BCUT2D eigenvalue weighted by Gasteiger charge is 2.29. The van der Waals surface area contributed by atoms with Gasteiger partial charge in [0.05, 0.1) is 12.8 Å². The number of nitrogens with zero attached hydrogens (tertiary/aromatic N) is 1. The molecule has 1 aromatic carbocycles. The van der Waals surface area contributed by atoms with Gasteiger partial charge in [-0.2, -0.15) is 0 Å². The third kappa shape index (κ3) is 2.82. The normalized spacial score (nSPS) is 16.1. The van der Waals surface area contributed by atoms with Gasteiger partial charge in [-0.15, -0.1) is 11.3 Å². The zero-order valence-corrected chi connectivity index (χ0v) is 11.5. The second kappa shape index (κ2) is 5.33. The fourth-order valence-electron chi connectivity index (χ4n) is 2.12. The summed E-state index contributed by atoms with van der Waals surface area (Å²) in [6.07, 6.45) is 1.79. The SMILES string of the molecule is O=C1CC(c2cnc(-c3ccc(F)c(F)c3)s2)CC(=O)O1. The topological polar surface area (TPSA) is 56.3 Å². The molecule has 0 spiro atoms. The molecule has 1 fully saturated rings. The van der Waals surface area contributed by atoms with Crippen LogP contribution in [0.15, 0.2) is 24.4 Å². The fraction of sp³-hybridized carbons (Fsp3) is 0.214. The predicted octanol–water partition coefficient (Wildman–Crippen LogP) is 3.04. The third-order valence-electron chi connectivity index (χ3n) is 3.15. The highest BCUT2D eigenvalue weighted by Crippen LogP contribution is 2.35. The van der Waals surface area contributed by atoms with Gasteiger partial charge in [-0.05, 0) is 18.2 Å². The predicted molar refractivity (Wildman–Crippen MR) is 70.5 cm³/mol. The lowest BCUT2D eigenvalue weighted by molar-refractivity contribution is -0.163. The number of carbonyl (C=O) groups is 2. The molecule has 2 heterocycles. The maximum absolute atomic E-state index is 13.2. The number of hydrogen-bond donors (Lipinski definition) is 0. The molecule has 1 aliphatic heterocycles. The van der Waals surface area contributed by atoms with Gasteiger partial charge in [0, 0.05) is 22.6 Å². The summed E-state index contributed by atoms with van der Waals surface area (Å²) in [5.41, 5.74) is 0.454. The summed E-state index contributed by atoms with van der Waals surface area (Å²) in [5.74, 6) is -3.25. The number of hydrogen-bond acceptors (Lipinski definition) is 5. The van der Waals surface area contributed by atoms with Crippen LogP contribution in [0.5, 0.6) is 0 Å². The van der Waals surface area contributed by atoms with Crippen molar-refractivity contribution in [3.8, 4) is 10.6 Å². The molecule has 0 atom stereocenters. The molecular formula is C14H9F2NO3S. The van der Waals surface area contributed by atoms with Crippen molar-refractivity contribution in [1.29, 1.82) is 0 Å². The lowest BCUT2D eigenvalue weighted by Gasteiger charge is -2.17. The van der Waals surface area contributed by atoms with Crippen LogP contribution in [0.2, 0.25) is 0 Å². The molecule has 7 heteroatoms. The molecule has 1 aromatic heterocycles. The number of aromatic nitrogens is 1. The van der Waals surface area contributed by atoms with Gasteiger partial charge >= 0.3 is 11.9 Å². The molecule has 0 N–H and O–H groups in total. The Morgan fingerprint density at radius 1 is 1.14 bits per heavy atom. The van der Waals surface area contributed by atoms with E-state index in [1.807, 2.05) is 0 Å². The number of rotatable bonds is 2. The zero-order valence-electron chi connectivity index (χ0n) is 10.6. The Hall–Kier alpha value is -2.15. The summed E-state index contributed by atoms with van der Waals surface area (Å²) < 4.78 is 30.6. The summed E-state index contributed by atoms with van der Waals surface area (Å²) in [7, 11) is 0. The monoisotopic (exact) mass is 309 g/mol. The summed E-state index contributed by atoms with van der Waals surface area (Å²) in [5, 5.41) is 0.510. The molecular weight excluding hydrogens is 300 g/mol. The first-order chi connectivity index (χ1) is 10.0. The van der Waals surface area contributed by atoms with Crippen LogP contribution in [-0.4, -0.2) is 16.9 Å². The standard InChI is InChI=1S/C14H9F2NO3S/c15-9-2-1-7(3-10(9)16)14-17-6-11(21-14)8-4-12(18)20-13(19)5-8/h1-3,6,8H,4-5H2. The molecule has 0 saturated carbocycles. The Balaban J connectivity index is 1.87. The molecule has 0 unspecified atom stereocenters. The smallest absolute Gasteiger partial charge is 0.314 e. The first-order valence-corrected chi connectivity index (χ1v) is 6.99. The van der Waals surface area contributed by atoms with Crippen LogP contribution in [0.25, 0.3) is 10.6 Å². The number of cyclic esters (lactones) is 2. The quantitative estimate of drug-likeness (QED) is 0.632. The third-order valence-corrected chi connectivity index (χ3v) is 4.36. The van der Waals surface area contributed by atoms with E-state index in [2.05, 4.69) is 9.72 Å². The van der Waals surface area contributed by atoms with Crippen molar-refractivity contribution < 1.29 is 23.1 Å². The number of esters is 2. The van der Waals surface area contributed by atoms with E-state index in [-0.39, 0.29) is 18.8 Å². The van der Waals surface area contributed by atoms with Crippen molar-refractivity contribution >= 4 is 23.3 Å². The molecule has 0 aliphatic carbocycles. The van der Waals surface area contributed by atoms with E-state index in [4.69, 9.17) is 0 Å². The summed E-state index contributed by atoms with van der Waals surface area (Å²) in [6.45, 7) is 0. The van der Waals surface area contributed by atoms with E-state index in [0.29, 0.717) is 10.6 Å². The molecule has 1 aliphatic rings. The Labute approximate surface area is 122 Å². The van der Waals surface area contributed by atoms with Crippen molar-refractivity contribution in [2.45, 2.75) is 18.8 Å². The molecule has 1 saturated heterocycles. The van der Waals surface area contributed by atoms with E-state index in [1.54, 1.807) is 6.20 Å². The second-order valence-electron chi connectivity index (χ2n) is 4.65. The Kier molecular flexibility index (Phi) is 3.50. The fourth-order valence-corrected chi connectivity index (χ4v) is 3.14. The van der Waals surface area contributed by atoms with Gasteiger partial charge in [0.25, 0.3) is 0 Å². The molecule has 4 nitrogen and oxygen atoms in total. The maximum atomic E-state index is 13.2. The van der Waals surface area contributed by atoms with Gasteiger partial charge in [-0.1, -0.05) is 0 Å². The minimum atomic E-state index is -0.944. The summed E-state index contributed by atoms with van der Waals surface area (Å²) >= 11 is 1.25. The average Bonchev–Trinajstić information content (AvgIpc) is 2.90. The van der Waals surface area contributed by atoms with Gasteiger partial charge in [0.15, 0.2) is 11.6 Å². The number of thiazole rings is 1. The molecule has 0 radical (unpaired) electrons. The Bertz CT molecular complexity index is 713. The Morgan fingerprint density at radius 2 is 1.86 bits per heavy atom. The van der Waals surface area contributed by atoms with Gasteiger partial charge in [0.1, 0.15) is 5.01 Å². The van der Waals surface area contributed by atoms with Crippen LogP contribution in [0.3, 0.4) is 0 Å². The number of ether oxygens (including phenoxy) is 1. The van der Waals surface area contributed by atoms with Crippen LogP contribution in [0.4, 0.5) is 8.78 Å². The highest BCUT2D eigenvalue weighted by molar-refractivity contribution is 7.15. The summed E-state index contributed by atoms with van der Waals surface area (Å²) in [6, 6.07) is 3.53. The largest absolute Gasteiger partial charge is 0.393 e. The first-order valence-electron chi connectivity index (χ1n) is 6.17. The highest BCUT2D eigenvalue weighted by atomic mass is 32.1. The lowest BCUT2D eigenvalue weighted by Crippen LogP contribution is -2.23. The van der Waals surface area contributed by atoms with E-state index >= 15 is 0 Å². The minimum absolute atomic E-state index is 0.116. The van der Waals surface area contributed by atoms with E-state index < -0.39 is 23.6 Å². The van der Waals surface area contributed by atoms with Gasteiger partial charge in [0.2, 0.25) is 0 Å². The lowest BCUT2D eigenvalue weighted by atomic mass is 9.98. The zero-order chi connectivity index (χ0) is 15.0. The first kappa shape index (κ1) is 13.8. The molecule has 108 valence electrons. The average molecular weight is 309 g/mol. The van der Waals surface area contributed by atoms with Gasteiger partial charge < -0.3 is 4.74 Å². The Morgan fingerprint density at radius 3 is 2.52 bits per heavy atom. The van der Waals surface area contributed by atoms with Crippen LogP contribution in [0, 0.1) is 11.6 Å². The molecule has 0 amide bonds. The van der Waals surface area contributed by atoms with Crippen molar-refractivity contribution in [3.63, 3.8) is 0 Å². The van der Waals surface area contributed by atoms with Crippen molar-refractivity contribution in [1.82, 2.24) is 4.98 Å². The number of carbonyl (C=O) groups excluding carboxylic acids is 2. The number of benzene rings is 1. The molecule has 2 aromatic rings. The number of halogens is 2. The van der Waals surface area contributed by atoms with Crippen LogP contribution in [-0.2, 0) is 14.3 Å². The van der Waals surface area contributed by atoms with E-state index in [0.717, 1.165) is 17.0 Å². The van der Waals surface area contributed by atoms with Crippen molar-refractivity contribution in [2.75, 3.05) is 0 Å². The van der Waals surface area contributed by atoms with Crippen LogP contribution in [0.1, 0.15) is 23.6 Å².